The summed E-state index contributed by atoms with van der Waals surface area (Å²) in [4.78, 5) is 2.23. The van der Waals surface area contributed by atoms with E-state index >= 15 is 0 Å². The first kappa shape index (κ1) is 21.7. The molecule has 0 aliphatic carbocycles. The average Bonchev–Trinajstić information content (AvgIpc) is 2.62. The predicted molar refractivity (Wildman–Crippen MR) is 116 cm³/mol. The molecule has 2 heteroatoms. The highest BCUT2D eigenvalue weighted by molar-refractivity contribution is 5.29. The van der Waals surface area contributed by atoms with Gasteiger partial charge in [0, 0.05) is 18.4 Å². The molecule has 3 unspecified atom stereocenters. The van der Waals surface area contributed by atoms with Crippen LogP contribution in [0.4, 0.5) is 0 Å². The number of hydrogen-bond acceptors (Lipinski definition) is 2. The zero-order valence-corrected chi connectivity index (χ0v) is 18.2. The first-order valence-electron chi connectivity index (χ1n) is 10.1. The van der Waals surface area contributed by atoms with Crippen molar-refractivity contribution in [3.8, 4) is 0 Å². The minimum absolute atomic E-state index is 0.0993. The van der Waals surface area contributed by atoms with Crippen LogP contribution in [-0.2, 0) is 11.8 Å². The summed E-state index contributed by atoms with van der Waals surface area (Å²) in [5.74, 6) is 0.0993. The number of nitrogens with zero attached hydrogens (tertiary/aromatic N) is 1. The normalized spacial score (nSPS) is 16.8. The molecule has 148 valence electrons. The number of aliphatic hydroxyl groups is 1. The summed E-state index contributed by atoms with van der Waals surface area (Å²) in [6.07, 6.45) is 1.40. The van der Waals surface area contributed by atoms with Gasteiger partial charge in [-0.25, -0.2) is 0 Å². The fourth-order valence-electron chi connectivity index (χ4n) is 4.06. The first-order chi connectivity index (χ1) is 12.6. The zero-order valence-electron chi connectivity index (χ0n) is 18.2. The van der Waals surface area contributed by atoms with Crippen molar-refractivity contribution in [2.75, 3.05) is 14.1 Å². The third-order valence-electron chi connectivity index (χ3n) is 5.96. The summed E-state index contributed by atoms with van der Waals surface area (Å²) < 4.78 is 0. The summed E-state index contributed by atoms with van der Waals surface area (Å²) in [6, 6.07) is 19.5. The highest BCUT2D eigenvalue weighted by Gasteiger charge is 2.38. The molecule has 0 fully saturated rings. The van der Waals surface area contributed by atoms with Crippen molar-refractivity contribution in [3.05, 3.63) is 71.3 Å². The first-order valence-corrected chi connectivity index (χ1v) is 10.1. The van der Waals surface area contributed by atoms with Gasteiger partial charge in [-0.05, 0) is 42.6 Å². The Morgan fingerprint density at radius 2 is 1.48 bits per heavy atom. The van der Waals surface area contributed by atoms with E-state index in [9.17, 15) is 5.11 Å². The second-order valence-corrected chi connectivity index (χ2v) is 9.19. The van der Waals surface area contributed by atoms with Crippen molar-refractivity contribution in [2.24, 2.45) is 5.92 Å². The van der Waals surface area contributed by atoms with Gasteiger partial charge in [0.15, 0.2) is 0 Å². The molecule has 27 heavy (non-hydrogen) atoms. The molecule has 3 atom stereocenters. The van der Waals surface area contributed by atoms with Crippen LogP contribution in [0, 0.1) is 5.92 Å². The molecular formula is C25H37NO. The SMILES string of the molecule is CCC(O)(Cc1ccc(C(C)(C)C)cc1)C(C)C(c1ccccc1)N(C)C. The second kappa shape index (κ2) is 8.58. The molecule has 1 N–H and O–H groups in total. The molecule has 2 aromatic carbocycles. The van der Waals surface area contributed by atoms with Crippen LogP contribution in [0.2, 0.25) is 0 Å². The maximum Gasteiger partial charge on any atom is 0.0728 e. The highest BCUT2D eigenvalue weighted by Crippen LogP contribution is 2.38. The van der Waals surface area contributed by atoms with Gasteiger partial charge in [-0.1, -0.05) is 89.2 Å². The van der Waals surface area contributed by atoms with E-state index in [-0.39, 0.29) is 17.4 Å². The van der Waals surface area contributed by atoms with Gasteiger partial charge < -0.3 is 10.0 Å². The van der Waals surface area contributed by atoms with Crippen LogP contribution in [0.5, 0.6) is 0 Å². The Morgan fingerprint density at radius 1 is 0.926 bits per heavy atom. The zero-order chi connectivity index (χ0) is 20.2. The lowest BCUT2D eigenvalue weighted by Gasteiger charge is -2.41. The largest absolute Gasteiger partial charge is 0.389 e. The van der Waals surface area contributed by atoms with E-state index in [4.69, 9.17) is 0 Å². The van der Waals surface area contributed by atoms with Gasteiger partial charge in [0.2, 0.25) is 0 Å². The van der Waals surface area contributed by atoms with Gasteiger partial charge in [0.25, 0.3) is 0 Å². The Kier molecular flexibility index (Phi) is 6.88. The minimum Gasteiger partial charge on any atom is -0.389 e. The molecule has 0 saturated heterocycles. The molecule has 0 radical (unpaired) electrons. The van der Waals surface area contributed by atoms with Crippen LogP contribution in [0.15, 0.2) is 54.6 Å². The van der Waals surface area contributed by atoms with Crippen LogP contribution in [0.25, 0.3) is 0 Å². The standard InChI is InChI=1S/C25H37NO/c1-8-25(27,18-20-14-16-22(17-15-20)24(3,4)5)19(2)23(26(6)7)21-12-10-9-11-13-21/h9-17,19,23,27H,8,18H2,1-7H3. The van der Waals surface area contributed by atoms with Gasteiger partial charge in [-0.3, -0.25) is 0 Å². The smallest absolute Gasteiger partial charge is 0.0728 e. The summed E-state index contributed by atoms with van der Waals surface area (Å²) >= 11 is 0. The maximum atomic E-state index is 11.6. The lowest BCUT2D eigenvalue weighted by atomic mass is 9.75. The third-order valence-corrected chi connectivity index (χ3v) is 5.96. The molecule has 0 saturated carbocycles. The second-order valence-electron chi connectivity index (χ2n) is 9.19. The Hall–Kier alpha value is -1.64. The Morgan fingerprint density at radius 3 is 1.93 bits per heavy atom. The number of hydrogen-bond donors (Lipinski definition) is 1. The van der Waals surface area contributed by atoms with E-state index in [1.807, 2.05) is 6.07 Å². The summed E-state index contributed by atoms with van der Waals surface area (Å²) in [6.45, 7) is 11.0. The topological polar surface area (TPSA) is 23.5 Å². The van der Waals surface area contributed by atoms with Gasteiger partial charge in [0.05, 0.1) is 5.60 Å². The summed E-state index contributed by atoms with van der Waals surface area (Å²) in [7, 11) is 4.20. The molecule has 0 heterocycles. The number of rotatable bonds is 7. The third kappa shape index (κ3) is 5.21. The van der Waals surface area contributed by atoms with E-state index < -0.39 is 5.60 Å². The van der Waals surface area contributed by atoms with E-state index in [1.165, 1.54) is 16.7 Å². The van der Waals surface area contributed by atoms with Crippen molar-refractivity contribution in [3.63, 3.8) is 0 Å². The van der Waals surface area contributed by atoms with Crippen molar-refractivity contribution in [1.82, 2.24) is 4.90 Å². The molecule has 0 aromatic heterocycles. The molecule has 0 aliphatic rings. The molecule has 2 aromatic rings. The Labute approximate surface area is 166 Å². The van der Waals surface area contributed by atoms with E-state index in [0.717, 1.165) is 6.42 Å². The predicted octanol–water partition coefficient (Wildman–Crippen LogP) is 5.61. The van der Waals surface area contributed by atoms with Gasteiger partial charge in [-0.2, -0.15) is 0 Å². The Bertz CT molecular complexity index is 699. The minimum atomic E-state index is -0.756. The highest BCUT2D eigenvalue weighted by atomic mass is 16.3. The maximum absolute atomic E-state index is 11.6. The van der Waals surface area contributed by atoms with Gasteiger partial charge in [-0.15, -0.1) is 0 Å². The molecule has 0 aliphatic heterocycles. The van der Waals surface area contributed by atoms with Gasteiger partial charge >= 0.3 is 0 Å². The molecule has 0 spiro atoms. The molecule has 0 amide bonds. The summed E-state index contributed by atoms with van der Waals surface area (Å²) in [5.41, 5.74) is 3.18. The van der Waals surface area contributed by atoms with Crippen molar-refractivity contribution >= 4 is 0 Å². The molecule has 2 rings (SSSR count). The monoisotopic (exact) mass is 367 g/mol. The van der Waals surface area contributed by atoms with Crippen LogP contribution >= 0.6 is 0 Å². The van der Waals surface area contributed by atoms with Crippen molar-refractivity contribution in [1.29, 1.82) is 0 Å². The quantitative estimate of drug-likeness (QED) is 0.688. The van der Waals surface area contributed by atoms with Crippen LogP contribution in [-0.4, -0.2) is 29.7 Å². The van der Waals surface area contributed by atoms with Crippen molar-refractivity contribution < 1.29 is 5.11 Å². The van der Waals surface area contributed by atoms with E-state index in [1.54, 1.807) is 0 Å². The van der Waals surface area contributed by atoms with Crippen LogP contribution in [0.1, 0.15) is 63.8 Å². The molecule has 2 nitrogen and oxygen atoms in total. The molecular weight excluding hydrogens is 330 g/mol. The summed E-state index contributed by atoms with van der Waals surface area (Å²) in [5, 5.41) is 11.6. The van der Waals surface area contributed by atoms with Crippen LogP contribution in [0.3, 0.4) is 0 Å². The van der Waals surface area contributed by atoms with Gasteiger partial charge in [0.1, 0.15) is 0 Å². The lowest BCUT2D eigenvalue weighted by molar-refractivity contribution is -0.0454. The number of benzene rings is 2. The average molecular weight is 368 g/mol. The fraction of sp³-hybridized carbons (Fsp3) is 0.520. The Balaban J connectivity index is 2.28. The van der Waals surface area contributed by atoms with Crippen LogP contribution < -0.4 is 0 Å². The fourth-order valence-corrected chi connectivity index (χ4v) is 4.06. The lowest BCUT2D eigenvalue weighted by Crippen LogP contribution is -2.44. The van der Waals surface area contributed by atoms with E-state index in [0.29, 0.717) is 6.42 Å². The van der Waals surface area contributed by atoms with Crippen molar-refractivity contribution in [2.45, 2.75) is 64.5 Å². The van der Waals surface area contributed by atoms with E-state index in [2.05, 4.69) is 102 Å². The molecule has 0 bridgehead atoms.